The summed E-state index contributed by atoms with van der Waals surface area (Å²) in [5, 5.41) is 17.2. The number of rotatable bonds is 4. The molecule has 2 heterocycles. The SMILES string of the molecule is Cc1cc(C(=O)NCc2cc3n(n2)CCN(C2CCCCC2)C3)ccc1O. The van der Waals surface area contributed by atoms with Crippen LogP contribution in [0.15, 0.2) is 24.3 Å². The fraction of sp³-hybridized carbons (Fsp3) is 0.524. The van der Waals surface area contributed by atoms with Gasteiger partial charge in [-0.3, -0.25) is 14.4 Å². The molecule has 1 fully saturated rings. The first kappa shape index (κ1) is 18.0. The topological polar surface area (TPSA) is 70.4 Å². The smallest absolute Gasteiger partial charge is 0.251 e. The van der Waals surface area contributed by atoms with E-state index in [2.05, 4.69) is 26.1 Å². The number of aryl methyl sites for hydroxylation is 1. The molecule has 1 aliphatic heterocycles. The van der Waals surface area contributed by atoms with E-state index in [1.807, 2.05) is 0 Å². The van der Waals surface area contributed by atoms with Gasteiger partial charge in [-0.2, -0.15) is 5.10 Å². The zero-order valence-corrected chi connectivity index (χ0v) is 15.9. The van der Waals surface area contributed by atoms with Gasteiger partial charge in [0, 0.05) is 24.7 Å². The summed E-state index contributed by atoms with van der Waals surface area (Å²) in [7, 11) is 0. The Bertz CT molecular complexity index is 824. The summed E-state index contributed by atoms with van der Waals surface area (Å²) < 4.78 is 2.09. The molecule has 0 bridgehead atoms. The molecule has 2 N–H and O–H groups in total. The molecule has 2 aliphatic rings. The van der Waals surface area contributed by atoms with Crippen molar-refractivity contribution in [2.24, 2.45) is 0 Å². The number of phenolic OH excluding ortho intramolecular Hbond substituents is 1. The summed E-state index contributed by atoms with van der Waals surface area (Å²) in [6.07, 6.45) is 6.74. The number of aromatic hydroxyl groups is 1. The Morgan fingerprint density at radius 3 is 2.81 bits per heavy atom. The average molecular weight is 368 g/mol. The lowest BCUT2D eigenvalue weighted by Crippen LogP contribution is -2.42. The van der Waals surface area contributed by atoms with Crippen molar-refractivity contribution in [3.63, 3.8) is 0 Å². The Balaban J connectivity index is 1.36. The number of carbonyl (C=O) groups is 1. The molecule has 1 aromatic carbocycles. The highest BCUT2D eigenvalue weighted by Gasteiger charge is 2.26. The summed E-state index contributed by atoms with van der Waals surface area (Å²) in [6, 6.07) is 7.74. The van der Waals surface area contributed by atoms with Crippen LogP contribution in [0.3, 0.4) is 0 Å². The minimum Gasteiger partial charge on any atom is -0.508 e. The fourth-order valence-corrected chi connectivity index (χ4v) is 4.26. The van der Waals surface area contributed by atoms with Crippen LogP contribution in [-0.2, 0) is 19.6 Å². The molecule has 0 radical (unpaired) electrons. The van der Waals surface area contributed by atoms with Crippen LogP contribution in [0.4, 0.5) is 0 Å². The number of fused-ring (bicyclic) bond motifs is 1. The lowest BCUT2D eigenvalue weighted by molar-refractivity contribution is 0.0950. The van der Waals surface area contributed by atoms with Crippen LogP contribution in [0.1, 0.15) is 59.4 Å². The molecule has 27 heavy (non-hydrogen) atoms. The number of hydrogen-bond acceptors (Lipinski definition) is 4. The summed E-state index contributed by atoms with van der Waals surface area (Å²) in [5.74, 6) is 0.0590. The Labute approximate surface area is 160 Å². The molecule has 0 unspecified atom stereocenters. The first-order valence-corrected chi connectivity index (χ1v) is 9.97. The van der Waals surface area contributed by atoms with Gasteiger partial charge in [-0.25, -0.2) is 0 Å². The highest BCUT2D eigenvalue weighted by atomic mass is 16.3. The molecule has 0 spiro atoms. The largest absolute Gasteiger partial charge is 0.508 e. The molecule has 0 saturated heterocycles. The van der Waals surface area contributed by atoms with Crippen molar-refractivity contribution in [2.75, 3.05) is 6.54 Å². The zero-order valence-electron chi connectivity index (χ0n) is 15.9. The van der Waals surface area contributed by atoms with Gasteiger partial charge in [0.05, 0.1) is 24.5 Å². The van der Waals surface area contributed by atoms with Gasteiger partial charge in [0.1, 0.15) is 5.75 Å². The Hall–Kier alpha value is -2.34. The van der Waals surface area contributed by atoms with Crippen molar-refractivity contribution >= 4 is 5.91 Å². The van der Waals surface area contributed by atoms with Crippen molar-refractivity contribution < 1.29 is 9.90 Å². The number of hydrogen-bond donors (Lipinski definition) is 2. The number of aromatic nitrogens is 2. The van der Waals surface area contributed by atoms with Crippen LogP contribution in [0, 0.1) is 6.92 Å². The minimum absolute atomic E-state index is 0.145. The molecule has 4 rings (SSSR count). The van der Waals surface area contributed by atoms with Gasteiger partial charge in [-0.15, -0.1) is 0 Å². The van der Waals surface area contributed by atoms with E-state index in [9.17, 15) is 9.90 Å². The normalized spacial score (nSPS) is 18.3. The Kier molecular flexibility index (Phi) is 5.16. The van der Waals surface area contributed by atoms with Gasteiger partial charge < -0.3 is 10.4 Å². The van der Waals surface area contributed by atoms with Gasteiger partial charge in [0.25, 0.3) is 5.91 Å². The van der Waals surface area contributed by atoms with Gasteiger partial charge >= 0.3 is 0 Å². The maximum absolute atomic E-state index is 12.3. The minimum atomic E-state index is -0.145. The van der Waals surface area contributed by atoms with Crippen LogP contribution in [0.2, 0.25) is 0 Å². The molecular weight excluding hydrogens is 340 g/mol. The van der Waals surface area contributed by atoms with Crippen LogP contribution in [0.25, 0.3) is 0 Å². The molecule has 0 atom stereocenters. The van der Waals surface area contributed by atoms with Gasteiger partial charge in [0.2, 0.25) is 0 Å². The number of nitrogens with zero attached hydrogens (tertiary/aromatic N) is 3. The standard InChI is InChI=1S/C21H28N4O2/c1-15-11-16(7-8-20(15)26)21(27)22-13-17-12-19-14-24(9-10-25(19)23-17)18-5-3-2-4-6-18/h7-8,11-12,18,26H,2-6,9-10,13-14H2,1H3,(H,22,27). The highest BCUT2D eigenvalue weighted by Crippen LogP contribution is 2.26. The highest BCUT2D eigenvalue weighted by molar-refractivity contribution is 5.94. The number of carbonyl (C=O) groups excluding carboxylic acids is 1. The molecule has 1 saturated carbocycles. The third kappa shape index (κ3) is 4.00. The monoisotopic (exact) mass is 368 g/mol. The fourth-order valence-electron chi connectivity index (χ4n) is 4.26. The van der Waals surface area contributed by atoms with Crippen molar-refractivity contribution in [3.8, 4) is 5.75 Å². The maximum atomic E-state index is 12.3. The van der Waals surface area contributed by atoms with Crippen molar-refractivity contribution in [1.29, 1.82) is 0 Å². The maximum Gasteiger partial charge on any atom is 0.251 e. The third-order valence-electron chi connectivity index (χ3n) is 5.86. The summed E-state index contributed by atoms with van der Waals surface area (Å²) >= 11 is 0. The number of benzene rings is 1. The van der Waals surface area contributed by atoms with Crippen molar-refractivity contribution in [3.05, 3.63) is 46.8 Å². The first-order valence-electron chi connectivity index (χ1n) is 9.97. The van der Waals surface area contributed by atoms with Gasteiger partial charge in [-0.1, -0.05) is 19.3 Å². The van der Waals surface area contributed by atoms with E-state index in [0.717, 1.165) is 31.4 Å². The van der Waals surface area contributed by atoms with Crippen LogP contribution >= 0.6 is 0 Å². The Morgan fingerprint density at radius 1 is 1.22 bits per heavy atom. The van der Waals surface area contributed by atoms with E-state index in [1.165, 1.54) is 37.8 Å². The lowest BCUT2D eigenvalue weighted by Gasteiger charge is -2.36. The summed E-state index contributed by atoms with van der Waals surface area (Å²) in [6.45, 7) is 5.16. The first-order chi connectivity index (χ1) is 13.1. The van der Waals surface area contributed by atoms with E-state index >= 15 is 0 Å². The number of amides is 1. The predicted molar refractivity (Wildman–Crippen MR) is 104 cm³/mol. The lowest BCUT2D eigenvalue weighted by atomic mass is 9.94. The summed E-state index contributed by atoms with van der Waals surface area (Å²) in [4.78, 5) is 15.0. The second kappa shape index (κ2) is 7.72. The van der Waals surface area contributed by atoms with Crippen molar-refractivity contribution in [1.82, 2.24) is 20.0 Å². The van der Waals surface area contributed by atoms with E-state index in [-0.39, 0.29) is 11.7 Å². The van der Waals surface area contributed by atoms with Crippen LogP contribution < -0.4 is 5.32 Å². The van der Waals surface area contributed by atoms with Crippen LogP contribution in [0.5, 0.6) is 5.75 Å². The second-order valence-corrected chi connectivity index (χ2v) is 7.80. The second-order valence-electron chi connectivity index (χ2n) is 7.80. The van der Waals surface area contributed by atoms with E-state index in [1.54, 1.807) is 25.1 Å². The molecule has 1 aromatic heterocycles. The van der Waals surface area contributed by atoms with Crippen LogP contribution in [-0.4, -0.2) is 38.3 Å². The third-order valence-corrected chi connectivity index (χ3v) is 5.86. The molecule has 6 heteroatoms. The molecular formula is C21H28N4O2. The predicted octanol–water partition coefficient (Wildman–Crippen LogP) is 2.98. The van der Waals surface area contributed by atoms with E-state index in [4.69, 9.17) is 0 Å². The average Bonchev–Trinajstić information content (AvgIpc) is 3.11. The van der Waals surface area contributed by atoms with Crippen molar-refractivity contribution in [2.45, 2.75) is 64.7 Å². The zero-order chi connectivity index (χ0) is 18.8. The number of nitrogens with one attached hydrogen (secondary N) is 1. The number of phenols is 1. The quantitative estimate of drug-likeness (QED) is 0.870. The molecule has 6 nitrogen and oxygen atoms in total. The van der Waals surface area contributed by atoms with E-state index in [0.29, 0.717) is 17.7 Å². The molecule has 1 amide bonds. The van der Waals surface area contributed by atoms with Gasteiger partial charge in [0.15, 0.2) is 0 Å². The Morgan fingerprint density at radius 2 is 2.04 bits per heavy atom. The van der Waals surface area contributed by atoms with Gasteiger partial charge in [-0.05, 0) is 49.6 Å². The molecule has 144 valence electrons. The summed E-state index contributed by atoms with van der Waals surface area (Å²) in [5.41, 5.74) is 3.40. The molecule has 1 aliphatic carbocycles. The van der Waals surface area contributed by atoms with E-state index < -0.39 is 0 Å². The molecule has 2 aromatic rings.